The monoisotopic (exact) mass is 1000 g/mol. The van der Waals surface area contributed by atoms with Gasteiger partial charge in [0.2, 0.25) is 5.91 Å². The van der Waals surface area contributed by atoms with E-state index in [1.165, 1.54) is 11.8 Å². The van der Waals surface area contributed by atoms with Crippen LogP contribution in [0.15, 0.2) is 9.95 Å². The lowest BCUT2D eigenvalue weighted by atomic mass is 9.20. The van der Waals surface area contributed by atoms with Gasteiger partial charge < -0.3 is 14.4 Å². The van der Waals surface area contributed by atoms with Gasteiger partial charge in [-0.1, -0.05) is 112 Å². The third-order valence-electron chi connectivity index (χ3n) is 19.9. The number of aromatic nitrogens is 2. The van der Waals surface area contributed by atoms with E-state index in [9.17, 15) is 18.0 Å². The molecule has 75 heavy (non-hydrogen) atoms. The molecule has 1 aromatic heterocycles. The number of fused-ring (bicyclic) bond motifs is 1. The number of carbonyl (C=O) groups is 1. The second kappa shape index (κ2) is 20.1. The SMILES string of the molecule is Bc1c(B)c(C(B)(B)Sc2nc(=O)c3c(n2CC(=O)N(Cc2c(B)c(B)c(-c4c(B)c(B)c(C(F)(F)F)c(B)c4B)c(B)c2B)C(B)(B)C(B)(B)N(C(B)(B)C)C(B)(B)C)C(B)(B)C(B)(B)C3(B)B)c(B)c(B)c1F. The topological polar surface area (TPSA) is 58.4 Å². The van der Waals surface area contributed by atoms with E-state index >= 15 is 9.18 Å². The van der Waals surface area contributed by atoms with Crippen LogP contribution in [-0.4, -0.2) is 266 Å². The van der Waals surface area contributed by atoms with E-state index in [2.05, 4.69) is 185 Å². The van der Waals surface area contributed by atoms with E-state index < -0.39 is 42.6 Å². The van der Waals surface area contributed by atoms with Crippen molar-refractivity contribution in [2.45, 2.75) is 79.8 Å². The van der Waals surface area contributed by atoms with E-state index in [-0.39, 0.29) is 52.0 Å². The van der Waals surface area contributed by atoms with E-state index in [1.54, 1.807) is 31.4 Å². The first-order valence-corrected chi connectivity index (χ1v) is 27.7. The second-order valence-electron chi connectivity index (χ2n) is 27.6. The molecule has 0 aliphatic heterocycles. The van der Waals surface area contributed by atoms with Crippen LogP contribution in [0.2, 0.25) is 5.21 Å². The van der Waals surface area contributed by atoms with Crippen LogP contribution in [0.1, 0.15) is 41.8 Å². The van der Waals surface area contributed by atoms with Gasteiger partial charge in [0, 0.05) is 23.4 Å². The number of hydrogen-bond donors (Lipinski definition) is 0. The van der Waals surface area contributed by atoms with Gasteiger partial charge >= 0.3 is 6.18 Å². The highest BCUT2D eigenvalue weighted by Gasteiger charge is 2.59. The lowest BCUT2D eigenvalue weighted by Gasteiger charge is -2.64. The molecule has 0 saturated carbocycles. The fourth-order valence-electron chi connectivity index (χ4n) is 14.2. The molecule has 360 valence electrons. The van der Waals surface area contributed by atoms with Crippen LogP contribution in [0.4, 0.5) is 17.6 Å². The Labute approximate surface area is 476 Å². The molecule has 3 aromatic carbocycles. The highest BCUT2D eigenvalue weighted by atomic mass is 32.2. The second-order valence-corrected chi connectivity index (χ2v) is 29.2. The normalized spacial score (nSPS) is 15.7. The van der Waals surface area contributed by atoms with E-state index in [0.29, 0.717) is 32.6 Å². The largest absolute Gasteiger partial charge is 0.415 e. The minimum Gasteiger partial charge on any atom is -0.347 e. The van der Waals surface area contributed by atoms with Crippen molar-refractivity contribution >= 4 is 303 Å². The Hall–Kier alpha value is -2.14. The predicted octanol–water partition coefficient (Wildman–Crippen LogP) is -30.4. The van der Waals surface area contributed by atoms with E-state index in [1.807, 2.05) is 31.4 Å². The third-order valence-corrected chi connectivity index (χ3v) is 21.1. The number of alkyl halides is 3. The van der Waals surface area contributed by atoms with Crippen molar-refractivity contribution < 1.29 is 22.4 Å². The molecule has 6 nitrogen and oxygen atoms in total. The zero-order chi connectivity index (χ0) is 58.3. The smallest absolute Gasteiger partial charge is 0.347 e. The summed E-state index contributed by atoms with van der Waals surface area (Å²) in [6.07, 6.45) is -4.49. The summed E-state index contributed by atoms with van der Waals surface area (Å²) in [4.78, 5) is 41.0. The standard InChI is InChI=1S/C36H66B28F4N4O2S/c1-28(49,50)72(29(2,51)52)36(63,64)35(61,62)71(3-5-12(37)14(39)7(15(40)13(5)38)8-16(41)20(45)10(33(66,67)68)21(46)17(8)42)6(73)4-70-25-11(30(53,54)34(59,60)31(25,55)56)26(74)69-27(70)75-32(57,58)9-18(43)22(47)24(65)23(48)19(9)44/h3-4,37-64H2,1-2H3. The quantitative estimate of drug-likeness (QED) is 0.0578. The summed E-state index contributed by atoms with van der Waals surface area (Å²) in [5.74, 6) is -0.372. The zero-order valence-electron chi connectivity index (χ0n) is 51.9. The van der Waals surface area contributed by atoms with Gasteiger partial charge in [0.25, 0.3) is 5.56 Å². The molecule has 0 N–H and O–H groups in total. The van der Waals surface area contributed by atoms with Crippen LogP contribution >= 0.6 is 11.8 Å². The number of amides is 1. The molecule has 0 saturated heterocycles. The van der Waals surface area contributed by atoms with Crippen molar-refractivity contribution in [3.63, 3.8) is 0 Å². The number of benzene rings is 3. The number of carbonyl (C=O) groups excluding carboxylic acids is 1. The van der Waals surface area contributed by atoms with Crippen LogP contribution < -0.4 is 71.1 Å². The molecule has 1 amide bonds. The number of halogens is 4. The van der Waals surface area contributed by atoms with Crippen LogP contribution in [-0.2, 0) is 39.0 Å². The maximum atomic E-state index is 16.6. The van der Waals surface area contributed by atoms with Crippen LogP contribution in [0.25, 0.3) is 11.1 Å². The first-order valence-electron chi connectivity index (χ1n) is 26.9. The van der Waals surface area contributed by atoms with Gasteiger partial charge in [-0.3, -0.25) is 9.59 Å². The summed E-state index contributed by atoms with van der Waals surface area (Å²) in [5, 5.41) is -3.48. The Balaban J connectivity index is 1.90. The molecule has 0 radical (unpaired) electrons. The summed E-state index contributed by atoms with van der Waals surface area (Å²) >= 11 is 1.44. The summed E-state index contributed by atoms with van der Waals surface area (Å²) < 4.78 is 60.7. The van der Waals surface area contributed by atoms with Crippen LogP contribution in [0, 0.1) is 5.82 Å². The number of thioether (sulfide) groups is 1. The van der Waals surface area contributed by atoms with Gasteiger partial charge in [-0.15, -0.1) is 0 Å². The molecule has 39 heteroatoms. The number of hydrogen-bond acceptors (Lipinski definition) is 5. The van der Waals surface area contributed by atoms with Crippen molar-refractivity contribution in [1.29, 1.82) is 0 Å². The first kappa shape index (κ1) is 63.7. The minimum absolute atomic E-state index is 0.121. The third kappa shape index (κ3) is 10.2. The van der Waals surface area contributed by atoms with E-state index in [0.717, 1.165) is 60.7 Å². The molecule has 0 bridgehead atoms. The predicted molar refractivity (Wildman–Crippen MR) is 395 cm³/mol. The van der Waals surface area contributed by atoms with Crippen molar-refractivity contribution in [3.8, 4) is 11.1 Å². The molecular formula is C36H66B28F4N4O2S. The van der Waals surface area contributed by atoms with E-state index in [4.69, 9.17) is 4.98 Å². The summed E-state index contributed by atoms with van der Waals surface area (Å²) in [6.45, 7) is 4.55. The fraction of sp³-hybridized carbons (Fsp3) is 0.361. The van der Waals surface area contributed by atoms with Crippen molar-refractivity contribution in [3.05, 3.63) is 44.1 Å². The van der Waals surface area contributed by atoms with Gasteiger partial charge in [-0.2, -0.15) is 18.2 Å². The van der Waals surface area contributed by atoms with Gasteiger partial charge in [0.15, 0.2) is 5.16 Å². The molecule has 1 aliphatic rings. The molecule has 0 atom stereocenters. The van der Waals surface area contributed by atoms with Crippen LogP contribution in [0.3, 0.4) is 0 Å². The number of nitrogens with zero attached hydrogens (tertiary/aromatic N) is 4. The number of rotatable bonds is 13. The van der Waals surface area contributed by atoms with Gasteiger partial charge in [0.05, 0.1) is 15.7 Å². The molecule has 1 aliphatic carbocycles. The lowest BCUT2D eigenvalue weighted by Crippen LogP contribution is -2.81. The molecule has 0 spiro atoms. The highest BCUT2D eigenvalue weighted by Crippen LogP contribution is 2.57. The van der Waals surface area contributed by atoms with Crippen molar-refractivity contribution in [2.24, 2.45) is 0 Å². The zero-order valence-corrected chi connectivity index (χ0v) is 52.8. The van der Waals surface area contributed by atoms with Gasteiger partial charge in [0.1, 0.15) is 216 Å². The molecule has 0 unspecified atom stereocenters. The summed E-state index contributed by atoms with van der Waals surface area (Å²) in [5.41, 5.74) is 12.6. The Morgan fingerprint density at radius 1 is 0.587 bits per heavy atom. The molecule has 5 rings (SSSR count). The maximum absolute atomic E-state index is 16.6. The Morgan fingerprint density at radius 3 is 1.36 bits per heavy atom. The van der Waals surface area contributed by atoms with Crippen molar-refractivity contribution in [2.75, 3.05) is 0 Å². The summed E-state index contributed by atoms with van der Waals surface area (Å²) in [7, 11) is 57.4. The average molecular weight is 998 g/mol. The Morgan fingerprint density at radius 2 is 0.973 bits per heavy atom. The van der Waals surface area contributed by atoms with Crippen molar-refractivity contribution in [1.82, 2.24) is 19.4 Å². The summed E-state index contributed by atoms with van der Waals surface area (Å²) in [6, 6.07) is 0. The Kier molecular flexibility index (Phi) is 17.1. The molecule has 1 heterocycles. The molecule has 4 aromatic rings. The average Bonchev–Trinajstić information content (AvgIpc) is 3.34. The lowest BCUT2D eigenvalue weighted by molar-refractivity contribution is -0.136. The Bertz CT molecular complexity index is 3020. The molecular weight excluding hydrogens is 931 g/mol. The molecule has 0 fully saturated rings. The van der Waals surface area contributed by atoms with Gasteiger partial charge in [-0.05, 0) is 42.6 Å². The van der Waals surface area contributed by atoms with Gasteiger partial charge in [-0.25, -0.2) is 4.39 Å². The maximum Gasteiger partial charge on any atom is 0.415 e. The van der Waals surface area contributed by atoms with Crippen LogP contribution in [0.5, 0.6) is 0 Å². The fourth-order valence-corrected chi connectivity index (χ4v) is 15.4. The highest BCUT2D eigenvalue weighted by molar-refractivity contribution is 8.02. The first-order chi connectivity index (χ1) is 33.4. The minimum atomic E-state index is -4.49.